The Hall–Kier alpha value is -1.82. The number of amides is 1. The molecule has 21 heavy (non-hydrogen) atoms. The summed E-state index contributed by atoms with van der Waals surface area (Å²) >= 11 is 0. The SMILES string of the molecule is C=CCOc1ccc(C(=O)N(C)C2CCS(=O)(=O)C2)cc1. The van der Waals surface area contributed by atoms with E-state index in [9.17, 15) is 13.2 Å². The van der Waals surface area contributed by atoms with Gasteiger partial charge in [0, 0.05) is 18.7 Å². The summed E-state index contributed by atoms with van der Waals surface area (Å²) in [5.41, 5.74) is 0.521. The first-order valence-electron chi connectivity index (χ1n) is 6.74. The van der Waals surface area contributed by atoms with Gasteiger partial charge in [0.2, 0.25) is 0 Å². The lowest BCUT2D eigenvalue weighted by Crippen LogP contribution is -2.37. The van der Waals surface area contributed by atoms with Gasteiger partial charge in [0.1, 0.15) is 12.4 Å². The fourth-order valence-electron chi connectivity index (χ4n) is 2.30. The van der Waals surface area contributed by atoms with E-state index in [1.807, 2.05) is 0 Å². The summed E-state index contributed by atoms with van der Waals surface area (Å²) in [6, 6.07) is 6.56. The van der Waals surface area contributed by atoms with Crippen LogP contribution in [0.2, 0.25) is 0 Å². The first kappa shape index (κ1) is 15.6. The second kappa shape index (κ2) is 6.30. The van der Waals surface area contributed by atoms with Gasteiger partial charge in [-0.25, -0.2) is 8.42 Å². The van der Waals surface area contributed by atoms with Crippen LogP contribution in [0.15, 0.2) is 36.9 Å². The van der Waals surface area contributed by atoms with E-state index in [0.717, 1.165) is 0 Å². The molecule has 0 saturated carbocycles. The highest BCUT2D eigenvalue weighted by Gasteiger charge is 2.32. The molecule has 0 radical (unpaired) electrons. The van der Waals surface area contributed by atoms with Crippen molar-refractivity contribution < 1.29 is 17.9 Å². The van der Waals surface area contributed by atoms with Gasteiger partial charge in [-0.05, 0) is 30.7 Å². The van der Waals surface area contributed by atoms with E-state index in [1.54, 1.807) is 37.4 Å². The number of hydrogen-bond acceptors (Lipinski definition) is 4. The van der Waals surface area contributed by atoms with Crippen molar-refractivity contribution in [3.05, 3.63) is 42.5 Å². The van der Waals surface area contributed by atoms with E-state index in [0.29, 0.717) is 24.3 Å². The van der Waals surface area contributed by atoms with E-state index in [1.165, 1.54) is 4.90 Å². The number of ether oxygens (including phenoxy) is 1. The maximum absolute atomic E-state index is 12.3. The Bertz CT molecular complexity index is 622. The summed E-state index contributed by atoms with van der Waals surface area (Å²) in [4.78, 5) is 13.9. The predicted molar refractivity (Wildman–Crippen MR) is 81.3 cm³/mol. The minimum absolute atomic E-state index is 0.0514. The first-order chi connectivity index (χ1) is 9.93. The molecule has 1 aromatic rings. The highest BCUT2D eigenvalue weighted by molar-refractivity contribution is 7.91. The zero-order valence-corrected chi connectivity index (χ0v) is 12.8. The number of sulfone groups is 1. The van der Waals surface area contributed by atoms with E-state index < -0.39 is 9.84 Å². The molecule has 1 fully saturated rings. The van der Waals surface area contributed by atoms with E-state index >= 15 is 0 Å². The Morgan fingerprint density at radius 3 is 2.62 bits per heavy atom. The fourth-order valence-corrected chi connectivity index (χ4v) is 4.07. The zero-order chi connectivity index (χ0) is 15.5. The molecule has 0 spiro atoms. The van der Waals surface area contributed by atoms with Gasteiger partial charge in [-0.1, -0.05) is 12.7 Å². The molecule has 1 aliphatic heterocycles. The van der Waals surface area contributed by atoms with Gasteiger partial charge in [-0.3, -0.25) is 4.79 Å². The molecular formula is C15H19NO4S. The minimum Gasteiger partial charge on any atom is -0.490 e. The minimum atomic E-state index is -3.00. The third-order valence-electron chi connectivity index (χ3n) is 3.55. The van der Waals surface area contributed by atoms with Crippen molar-refractivity contribution in [2.75, 3.05) is 25.2 Å². The van der Waals surface area contributed by atoms with E-state index in [2.05, 4.69) is 6.58 Å². The summed E-state index contributed by atoms with van der Waals surface area (Å²) in [6.45, 7) is 3.98. The lowest BCUT2D eigenvalue weighted by atomic mass is 10.1. The number of carbonyl (C=O) groups is 1. The van der Waals surface area contributed by atoms with Crippen LogP contribution >= 0.6 is 0 Å². The highest BCUT2D eigenvalue weighted by Crippen LogP contribution is 2.19. The van der Waals surface area contributed by atoms with E-state index in [-0.39, 0.29) is 23.5 Å². The average Bonchev–Trinajstić information content (AvgIpc) is 2.84. The molecule has 1 atom stereocenters. The van der Waals surface area contributed by atoms with Gasteiger partial charge in [0.15, 0.2) is 9.84 Å². The summed E-state index contributed by atoms with van der Waals surface area (Å²) in [5.74, 6) is 0.698. The van der Waals surface area contributed by atoms with Gasteiger partial charge >= 0.3 is 0 Å². The predicted octanol–water partition coefficient (Wildman–Crippen LogP) is 1.51. The molecular weight excluding hydrogens is 290 g/mol. The number of benzene rings is 1. The van der Waals surface area contributed by atoms with Crippen LogP contribution in [0, 0.1) is 0 Å². The largest absolute Gasteiger partial charge is 0.490 e. The molecule has 0 aromatic heterocycles. The van der Waals surface area contributed by atoms with Crippen LogP contribution in [0.1, 0.15) is 16.8 Å². The van der Waals surface area contributed by atoms with Gasteiger partial charge in [-0.15, -0.1) is 0 Å². The third kappa shape index (κ3) is 3.85. The van der Waals surface area contributed by atoms with Gasteiger partial charge in [0.05, 0.1) is 11.5 Å². The van der Waals surface area contributed by atoms with Crippen molar-refractivity contribution in [2.24, 2.45) is 0 Å². The Balaban J connectivity index is 2.04. The Labute approximate surface area is 125 Å². The van der Waals surface area contributed by atoms with Crippen molar-refractivity contribution >= 4 is 15.7 Å². The average molecular weight is 309 g/mol. The number of hydrogen-bond donors (Lipinski definition) is 0. The van der Waals surface area contributed by atoms with E-state index in [4.69, 9.17) is 4.74 Å². The fraction of sp³-hybridized carbons (Fsp3) is 0.400. The third-order valence-corrected chi connectivity index (χ3v) is 5.30. The molecule has 2 rings (SSSR count). The Kier molecular flexibility index (Phi) is 4.67. The van der Waals surface area contributed by atoms with Gasteiger partial charge < -0.3 is 9.64 Å². The normalized spacial score (nSPS) is 20.0. The summed E-state index contributed by atoms with van der Waals surface area (Å²) in [6.07, 6.45) is 2.15. The lowest BCUT2D eigenvalue weighted by molar-refractivity contribution is 0.0747. The Morgan fingerprint density at radius 1 is 1.43 bits per heavy atom. The molecule has 114 valence electrons. The lowest BCUT2D eigenvalue weighted by Gasteiger charge is -2.23. The van der Waals surface area contributed by atoms with Crippen molar-refractivity contribution in [1.82, 2.24) is 4.90 Å². The summed E-state index contributed by atoms with van der Waals surface area (Å²) in [7, 11) is -1.35. The summed E-state index contributed by atoms with van der Waals surface area (Å²) < 4.78 is 28.3. The van der Waals surface area contributed by atoms with Crippen LogP contribution in [0.4, 0.5) is 0 Å². The van der Waals surface area contributed by atoms with Crippen molar-refractivity contribution in [3.63, 3.8) is 0 Å². The molecule has 1 amide bonds. The van der Waals surface area contributed by atoms with Crippen LogP contribution in [-0.4, -0.2) is 50.4 Å². The topological polar surface area (TPSA) is 63.7 Å². The second-order valence-corrected chi connectivity index (χ2v) is 7.33. The first-order valence-corrected chi connectivity index (χ1v) is 8.56. The summed E-state index contributed by atoms with van der Waals surface area (Å²) in [5, 5.41) is 0. The maximum Gasteiger partial charge on any atom is 0.253 e. The molecule has 1 aromatic carbocycles. The highest BCUT2D eigenvalue weighted by atomic mass is 32.2. The van der Waals surface area contributed by atoms with Crippen molar-refractivity contribution in [3.8, 4) is 5.75 Å². The molecule has 1 heterocycles. The number of rotatable bonds is 5. The standard InChI is InChI=1S/C15H19NO4S/c1-3-9-20-14-6-4-12(5-7-14)15(17)16(2)13-8-10-21(18,19)11-13/h3-7,13H,1,8-11H2,2H3. The van der Waals surface area contributed by atoms with Crippen molar-refractivity contribution in [2.45, 2.75) is 12.5 Å². The zero-order valence-electron chi connectivity index (χ0n) is 12.0. The molecule has 1 aliphatic rings. The second-order valence-electron chi connectivity index (χ2n) is 5.10. The molecule has 6 heteroatoms. The molecule has 1 unspecified atom stereocenters. The molecule has 0 N–H and O–H groups in total. The molecule has 0 bridgehead atoms. The van der Waals surface area contributed by atoms with Crippen LogP contribution in [0.3, 0.4) is 0 Å². The van der Waals surface area contributed by atoms with Gasteiger partial charge in [0.25, 0.3) is 5.91 Å². The van der Waals surface area contributed by atoms with Crippen LogP contribution in [0.25, 0.3) is 0 Å². The van der Waals surface area contributed by atoms with Crippen molar-refractivity contribution in [1.29, 1.82) is 0 Å². The molecule has 0 aliphatic carbocycles. The van der Waals surface area contributed by atoms with Crippen LogP contribution < -0.4 is 4.74 Å². The van der Waals surface area contributed by atoms with Crippen LogP contribution in [-0.2, 0) is 9.84 Å². The number of carbonyl (C=O) groups excluding carboxylic acids is 1. The quantitative estimate of drug-likeness (QED) is 0.774. The number of nitrogens with zero attached hydrogens (tertiary/aromatic N) is 1. The smallest absolute Gasteiger partial charge is 0.253 e. The maximum atomic E-state index is 12.3. The Morgan fingerprint density at radius 2 is 2.10 bits per heavy atom. The monoisotopic (exact) mass is 309 g/mol. The molecule has 1 saturated heterocycles. The van der Waals surface area contributed by atoms with Gasteiger partial charge in [-0.2, -0.15) is 0 Å². The van der Waals surface area contributed by atoms with Crippen LogP contribution in [0.5, 0.6) is 5.75 Å². The molecule has 5 nitrogen and oxygen atoms in total.